The minimum absolute atomic E-state index is 0.451. The molecule has 4 heteroatoms. The van der Waals surface area contributed by atoms with Crippen molar-refractivity contribution >= 4 is 24.8 Å². The molecule has 0 aliphatic carbocycles. The van der Waals surface area contributed by atoms with Gasteiger partial charge in [0.25, 0.3) is 0 Å². The van der Waals surface area contributed by atoms with E-state index in [1.54, 1.807) is 0 Å². The van der Waals surface area contributed by atoms with Crippen LogP contribution in [0.25, 0.3) is 0 Å². The Balaban J connectivity index is 2.58. The summed E-state index contributed by atoms with van der Waals surface area (Å²) >= 11 is 0.630. The van der Waals surface area contributed by atoms with E-state index in [0.717, 1.165) is 10.6 Å². The normalized spacial score (nSPS) is 27.5. The minimum atomic E-state index is -2.57. The molecule has 2 nitrogen and oxygen atoms in total. The zero-order chi connectivity index (χ0) is 6.04. The van der Waals surface area contributed by atoms with Gasteiger partial charge in [-0.05, 0) is 0 Å². The van der Waals surface area contributed by atoms with Crippen LogP contribution in [-0.4, -0.2) is 34.9 Å². The topological polar surface area (TPSA) is 34.1 Å². The van der Waals surface area contributed by atoms with Crippen LogP contribution in [0.15, 0.2) is 0 Å². The standard InChI is InChI=1S/C4H8O2SSe/c5-7(6)1-3-8-4-2-7/h1-4H2. The Morgan fingerprint density at radius 2 is 1.62 bits per heavy atom. The first-order chi connectivity index (χ1) is 3.71. The quantitative estimate of drug-likeness (QED) is 0.513. The maximum atomic E-state index is 10.7. The van der Waals surface area contributed by atoms with Crippen LogP contribution in [0.1, 0.15) is 0 Å². The Labute approximate surface area is 55.7 Å². The van der Waals surface area contributed by atoms with E-state index >= 15 is 0 Å². The van der Waals surface area contributed by atoms with Crippen molar-refractivity contribution in [1.29, 1.82) is 0 Å². The van der Waals surface area contributed by atoms with Gasteiger partial charge in [0.2, 0.25) is 0 Å². The fourth-order valence-corrected chi connectivity index (χ4v) is 6.63. The summed E-state index contributed by atoms with van der Waals surface area (Å²) in [5.41, 5.74) is 0. The van der Waals surface area contributed by atoms with Crippen LogP contribution in [-0.2, 0) is 9.84 Å². The first-order valence-electron chi connectivity index (χ1n) is 2.49. The summed E-state index contributed by atoms with van der Waals surface area (Å²) < 4.78 is 21.3. The monoisotopic (exact) mass is 200 g/mol. The molecule has 0 spiro atoms. The molecule has 1 heterocycles. The second-order valence-electron chi connectivity index (χ2n) is 1.76. The molecule has 0 radical (unpaired) electrons. The maximum absolute atomic E-state index is 10.7. The van der Waals surface area contributed by atoms with Gasteiger partial charge in [-0.1, -0.05) is 0 Å². The summed E-state index contributed by atoms with van der Waals surface area (Å²) in [5.74, 6) is 0.903. The third-order valence-corrected chi connectivity index (χ3v) is 5.96. The third kappa shape index (κ3) is 1.77. The van der Waals surface area contributed by atoms with E-state index < -0.39 is 9.84 Å². The van der Waals surface area contributed by atoms with Crippen molar-refractivity contribution in [2.45, 2.75) is 10.6 Å². The van der Waals surface area contributed by atoms with Gasteiger partial charge in [-0.2, -0.15) is 0 Å². The molecule has 8 heavy (non-hydrogen) atoms. The zero-order valence-corrected chi connectivity index (χ0v) is 6.99. The predicted octanol–water partition coefficient (Wildman–Crippen LogP) is -0.0444. The molecule has 1 saturated heterocycles. The van der Waals surface area contributed by atoms with E-state index in [1.807, 2.05) is 0 Å². The van der Waals surface area contributed by atoms with Gasteiger partial charge < -0.3 is 0 Å². The molecular weight excluding hydrogens is 191 g/mol. The second-order valence-corrected chi connectivity index (χ2v) is 6.64. The first kappa shape index (κ1) is 6.59. The molecule has 0 aromatic rings. The molecule has 48 valence electrons. The van der Waals surface area contributed by atoms with Gasteiger partial charge in [0.1, 0.15) is 0 Å². The van der Waals surface area contributed by atoms with Crippen molar-refractivity contribution in [2.75, 3.05) is 11.5 Å². The average molecular weight is 199 g/mol. The van der Waals surface area contributed by atoms with Crippen LogP contribution in [0, 0.1) is 0 Å². The molecule has 1 fully saturated rings. The molecule has 0 amide bonds. The Kier molecular flexibility index (Phi) is 1.96. The third-order valence-electron chi connectivity index (χ3n) is 1.08. The van der Waals surface area contributed by atoms with Gasteiger partial charge in [-0.3, -0.25) is 0 Å². The molecule has 0 unspecified atom stereocenters. The molecule has 1 aliphatic heterocycles. The van der Waals surface area contributed by atoms with E-state index in [1.165, 1.54) is 0 Å². The van der Waals surface area contributed by atoms with Crippen LogP contribution in [0.5, 0.6) is 0 Å². The van der Waals surface area contributed by atoms with Crippen molar-refractivity contribution in [3.05, 3.63) is 0 Å². The van der Waals surface area contributed by atoms with Crippen molar-refractivity contribution in [2.24, 2.45) is 0 Å². The summed E-state index contributed by atoms with van der Waals surface area (Å²) in [6.45, 7) is 0. The van der Waals surface area contributed by atoms with Gasteiger partial charge in [0.15, 0.2) is 0 Å². The summed E-state index contributed by atoms with van der Waals surface area (Å²) in [6, 6.07) is 0. The van der Waals surface area contributed by atoms with Crippen LogP contribution in [0.3, 0.4) is 0 Å². The van der Waals surface area contributed by atoms with Crippen LogP contribution in [0.2, 0.25) is 10.6 Å². The van der Waals surface area contributed by atoms with E-state index in [0.29, 0.717) is 26.5 Å². The molecule has 1 aliphatic rings. The second kappa shape index (κ2) is 2.38. The van der Waals surface area contributed by atoms with Crippen molar-refractivity contribution < 1.29 is 8.42 Å². The molecule has 0 bridgehead atoms. The van der Waals surface area contributed by atoms with E-state index in [9.17, 15) is 8.42 Å². The van der Waals surface area contributed by atoms with Crippen molar-refractivity contribution in [1.82, 2.24) is 0 Å². The SMILES string of the molecule is O=S1(=O)CC[Se]CC1. The summed E-state index contributed by atoms with van der Waals surface area (Å²) in [5, 5.41) is 1.88. The van der Waals surface area contributed by atoms with Gasteiger partial charge in [0.05, 0.1) is 0 Å². The molecule has 0 atom stereocenters. The van der Waals surface area contributed by atoms with Gasteiger partial charge in [-0.15, -0.1) is 0 Å². The number of hydrogen-bond donors (Lipinski definition) is 0. The Bertz CT molecular complexity index is 149. The number of rotatable bonds is 0. The Hall–Kier alpha value is 0.469. The molecule has 0 saturated carbocycles. The van der Waals surface area contributed by atoms with Crippen LogP contribution >= 0.6 is 0 Å². The Morgan fingerprint density at radius 3 is 1.88 bits per heavy atom. The van der Waals surface area contributed by atoms with E-state index in [4.69, 9.17) is 0 Å². The molecule has 0 N–H and O–H groups in total. The fourth-order valence-electron chi connectivity index (χ4n) is 0.576. The number of sulfone groups is 1. The van der Waals surface area contributed by atoms with Gasteiger partial charge >= 0.3 is 55.4 Å². The molecular formula is C4H8O2SSe. The Morgan fingerprint density at radius 1 is 1.12 bits per heavy atom. The zero-order valence-electron chi connectivity index (χ0n) is 4.46. The molecule has 0 aromatic heterocycles. The van der Waals surface area contributed by atoms with E-state index in [-0.39, 0.29) is 0 Å². The molecule has 0 aromatic carbocycles. The van der Waals surface area contributed by atoms with E-state index in [2.05, 4.69) is 0 Å². The number of hydrogen-bond acceptors (Lipinski definition) is 2. The fraction of sp³-hybridized carbons (Fsp3) is 1.00. The van der Waals surface area contributed by atoms with Crippen molar-refractivity contribution in [3.63, 3.8) is 0 Å². The predicted molar refractivity (Wildman–Crippen MR) is 34.0 cm³/mol. The van der Waals surface area contributed by atoms with Crippen LogP contribution < -0.4 is 0 Å². The average Bonchev–Trinajstić information content (AvgIpc) is 1.65. The van der Waals surface area contributed by atoms with Gasteiger partial charge in [0, 0.05) is 0 Å². The van der Waals surface area contributed by atoms with Gasteiger partial charge in [-0.25, -0.2) is 0 Å². The van der Waals surface area contributed by atoms with Crippen molar-refractivity contribution in [3.8, 4) is 0 Å². The molecule has 1 rings (SSSR count). The summed E-state index contributed by atoms with van der Waals surface area (Å²) in [7, 11) is -2.57. The first-order valence-corrected chi connectivity index (χ1v) is 6.73. The van der Waals surface area contributed by atoms with Crippen LogP contribution in [0.4, 0.5) is 0 Å². The summed E-state index contributed by atoms with van der Waals surface area (Å²) in [4.78, 5) is 0. The summed E-state index contributed by atoms with van der Waals surface area (Å²) in [6.07, 6.45) is 0.